The fraction of sp³-hybridized carbons (Fsp3) is 0.475. The monoisotopic (exact) mass is 657 g/mol. The number of para-hydroxylation sites is 1. The number of aromatic hydroxyl groups is 1. The summed E-state index contributed by atoms with van der Waals surface area (Å²) in [6.07, 6.45) is 5.46. The number of hydrogen-bond acceptors (Lipinski definition) is 5. The summed E-state index contributed by atoms with van der Waals surface area (Å²) in [6, 6.07) is 16.3. The lowest BCUT2D eigenvalue weighted by Gasteiger charge is -2.35. The average Bonchev–Trinajstić information content (AvgIpc) is 3.01. The van der Waals surface area contributed by atoms with Crippen molar-refractivity contribution in [3.63, 3.8) is 0 Å². The predicted octanol–water partition coefficient (Wildman–Crippen LogP) is 8.63. The van der Waals surface area contributed by atoms with Crippen LogP contribution in [-0.4, -0.2) is 46.1 Å². The van der Waals surface area contributed by atoms with Crippen molar-refractivity contribution in [3.8, 4) is 5.75 Å². The van der Waals surface area contributed by atoms with Gasteiger partial charge in [0.1, 0.15) is 23.4 Å². The molecule has 0 aliphatic rings. The van der Waals surface area contributed by atoms with Gasteiger partial charge in [0.05, 0.1) is 0 Å². The van der Waals surface area contributed by atoms with Crippen molar-refractivity contribution < 1.29 is 24.2 Å². The van der Waals surface area contributed by atoms with Crippen LogP contribution < -0.4 is 10.6 Å². The zero-order chi connectivity index (χ0) is 35.4. The molecule has 2 unspecified atom stereocenters. The molecule has 260 valence electrons. The molecule has 8 nitrogen and oxygen atoms in total. The minimum Gasteiger partial charge on any atom is -0.508 e. The van der Waals surface area contributed by atoms with Gasteiger partial charge in [0, 0.05) is 18.7 Å². The Bertz CT molecular complexity index is 1510. The van der Waals surface area contributed by atoms with Crippen LogP contribution in [0.1, 0.15) is 106 Å². The molecule has 0 heterocycles. The van der Waals surface area contributed by atoms with E-state index in [-0.39, 0.29) is 24.0 Å². The molecule has 0 saturated carbocycles. The minimum absolute atomic E-state index is 0.101. The summed E-state index contributed by atoms with van der Waals surface area (Å²) in [5, 5.41) is 15.9. The summed E-state index contributed by atoms with van der Waals surface area (Å²) in [5.74, 6) is -0.601. The number of rotatable bonds is 15. The van der Waals surface area contributed by atoms with E-state index in [0.29, 0.717) is 13.0 Å². The second-order valence-electron chi connectivity index (χ2n) is 13.9. The molecule has 3 N–H and O–H groups in total. The van der Waals surface area contributed by atoms with Crippen molar-refractivity contribution in [1.29, 1.82) is 0 Å². The number of hydrogen-bond donors (Lipinski definition) is 3. The Labute approximate surface area is 287 Å². The lowest BCUT2D eigenvalue weighted by molar-refractivity contribution is -0.140. The van der Waals surface area contributed by atoms with Gasteiger partial charge in [0.25, 0.3) is 5.91 Å². The van der Waals surface area contributed by atoms with Gasteiger partial charge < -0.3 is 25.4 Å². The molecule has 0 bridgehead atoms. The standard InChI is InChI=1S/C40H55N3O5/c1-9-10-11-12-13-14-24-43(38(46)34(41-39(47)48-40(6,7)8)26-31-20-22-32(44)23-21-31)36(33-25-27(2)18-19-28(33)3)37(45)42-35-29(4)16-15-17-30(35)5/h15-23,25,34,36,44H,9-14,24,26H2,1-8H3,(H,41,47)(H,42,45). The van der Waals surface area contributed by atoms with Crippen molar-refractivity contribution in [2.45, 2.75) is 118 Å². The Morgan fingerprint density at radius 2 is 1.46 bits per heavy atom. The fourth-order valence-electron chi connectivity index (χ4n) is 5.86. The number of amides is 3. The zero-order valence-corrected chi connectivity index (χ0v) is 30.1. The summed E-state index contributed by atoms with van der Waals surface area (Å²) < 4.78 is 5.58. The van der Waals surface area contributed by atoms with E-state index in [1.807, 2.05) is 64.1 Å². The number of unbranched alkanes of at least 4 members (excludes halogenated alkanes) is 5. The first-order chi connectivity index (χ1) is 22.7. The highest BCUT2D eigenvalue weighted by atomic mass is 16.6. The Morgan fingerprint density at radius 3 is 2.08 bits per heavy atom. The number of carbonyl (C=O) groups excluding carboxylic acids is 3. The van der Waals surface area contributed by atoms with E-state index in [2.05, 4.69) is 17.6 Å². The Hall–Kier alpha value is -4.33. The number of anilines is 1. The second-order valence-corrected chi connectivity index (χ2v) is 13.9. The lowest BCUT2D eigenvalue weighted by atomic mass is 9.94. The molecule has 3 amide bonds. The number of benzene rings is 3. The number of phenols is 1. The molecule has 3 aromatic rings. The van der Waals surface area contributed by atoms with Crippen LogP contribution in [0.25, 0.3) is 0 Å². The molecule has 0 aliphatic heterocycles. The lowest BCUT2D eigenvalue weighted by Crippen LogP contribution is -2.53. The number of aryl methyl sites for hydroxylation is 4. The van der Waals surface area contributed by atoms with Crippen LogP contribution in [0.5, 0.6) is 5.75 Å². The SMILES string of the molecule is CCCCCCCCN(C(=O)C(Cc1ccc(O)cc1)NC(=O)OC(C)(C)C)C(C(=O)Nc1c(C)cccc1C)c1cc(C)ccc1C. The van der Waals surface area contributed by atoms with E-state index in [1.165, 1.54) is 0 Å². The van der Waals surface area contributed by atoms with Gasteiger partial charge in [-0.2, -0.15) is 0 Å². The largest absolute Gasteiger partial charge is 0.508 e. The third kappa shape index (κ3) is 11.4. The van der Waals surface area contributed by atoms with Gasteiger partial charge in [-0.1, -0.05) is 93.1 Å². The van der Waals surface area contributed by atoms with Crippen LogP contribution in [-0.2, 0) is 20.7 Å². The molecule has 2 atom stereocenters. The first-order valence-corrected chi connectivity index (χ1v) is 17.2. The van der Waals surface area contributed by atoms with Gasteiger partial charge in [0.2, 0.25) is 5.91 Å². The maximum Gasteiger partial charge on any atom is 0.408 e. The normalized spacial score (nSPS) is 12.6. The first-order valence-electron chi connectivity index (χ1n) is 17.2. The molecule has 0 fully saturated rings. The van der Waals surface area contributed by atoms with Gasteiger partial charge in [-0.05, 0) is 94.8 Å². The molecular weight excluding hydrogens is 602 g/mol. The maximum absolute atomic E-state index is 14.9. The quantitative estimate of drug-likeness (QED) is 0.142. The molecule has 3 rings (SSSR count). The molecule has 0 radical (unpaired) electrons. The van der Waals surface area contributed by atoms with Gasteiger partial charge >= 0.3 is 6.09 Å². The molecule has 0 spiro atoms. The van der Waals surface area contributed by atoms with E-state index in [9.17, 15) is 19.5 Å². The molecule has 48 heavy (non-hydrogen) atoms. The van der Waals surface area contributed by atoms with Crippen molar-refractivity contribution in [1.82, 2.24) is 10.2 Å². The highest BCUT2D eigenvalue weighted by molar-refractivity contribution is 6.00. The average molecular weight is 658 g/mol. The number of nitrogens with one attached hydrogen (secondary N) is 2. The second kappa shape index (κ2) is 17.7. The van der Waals surface area contributed by atoms with Crippen molar-refractivity contribution in [2.75, 3.05) is 11.9 Å². The summed E-state index contributed by atoms with van der Waals surface area (Å²) in [6.45, 7) is 15.6. The van der Waals surface area contributed by atoms with Crippen LogP contribution in [0.15, 0.2) is 60.7 Å². The summed E-state index contributed by atoms with van der Waals surface area (Å²) in [5.41, 5.74) is 5.13. The number of alkyl carbamates (subject to hydrolysis) is 1. The van der Waals surface area contributed by atoms with Gasteiger partial charge in [0.15, 0.2) is 0 Å². The van der Waals surface area contributed by atoms with Crippen LogP contribution in [0, 0.1) is 27.7 Å². The van der Waals surface area contributed by atoms with E-state index in [0.717, 1.165) is 71.2 Å². The summed E-state index contributed by atoms with van der Waals surface area (Å²) in [4.78, 5) is 44.3. The number of nitrogens with zero attached hydrogens (tertiary/aromatic N) is 1. The van der Waals surface area contributed by atoms with Gasteiger partial charge in [-0.25, -0.2) is 4.79 Å². The molecule has 0 aliphatic carbocycles. The van der Waals surface area contributed by atoms with Crippen LogP contribution in [0.4, 0.5) is 10.5 Å². The molecule has 8 heteroatoms. The predicted molar refractivity (Wildman–Crippen MR) is 193 cm³/mol. The Balaban J connectivity index is 2.13. The van der Waals surface area contributed by atoms with E-state index in [4.69, 9.17) is 4.74 Å². The van der Waals surface area contributed by atoms with Crippen LogP contribution in [0.3, 0.4) is 0 Å². The highest BCUT2D eigenvalue weighted by Crippen LogP contribution is 2.30. The Kier molecular flexibility index (Phi) is 14.1. The van der Waals surface area contributed by atoms with E-state index >= 15 is 0 Å². The van der Waals surface area contributed by atoms with E-state index < -0.39 is 23.8 Å². The molecule has 0 saturated heterocycles. The van der Waals surface area contributed by atoms with Gasteiger partial charge in [-0.3, -0.25) is 9.59 Å². The third-order valence-corrected chi connectivity index (χ3v) is 8.42. The topological polar surface area (TPSA) is 108 Å². The smallest absolute Gasteiger partial charge is 0.408 e. The minimum atomic E-state index is -1.04. The zero-order valence-electron chi connectivity index (χ0n) is 30.1. The molecule has 0 aromatic heterocycles. The van der Waals surface area contributed by atoms with Gasteiger partial charge in [-0.15, -0.1) is 0 Å². The third-order valence-electron chi connectivity index (χ3n) is 8.42. The molecular formula is C40H55N3O5. The molecule has 3 aromatic carbocycles. The number of ether oxygens (including phenoxy) is 1. The summed E-state index contributed by atoms with van der Waals surface area (Å²) in [7, 11) is 0. The number of phenolic OH excluding ortho intramolecular Hbond substituents is 1. The number of carbonyl (C=O) groups is 3. The van der Waals surface area contributed by atoms with Crippen molar-refractivity contribution >= 4 is 23.6 Å². The Morgan fingerprint density at radius 1 is 0.833 bits per heavy atom. The van der Waals surface area contributed by atoms with Crippen LogP contribution >= 0.6 is 0 Å². The van der Waals surface area contributed by atoms with Crippen molar-refractivity contribution in [2.24, 2.45) is 0 Å². The van der Waals surface area contributed by atoms with Crippen LogP contribution in [0.2, 0.25) is 0 Å². The van der Waals surface area contributed by atoms with Crippen molar-refractivity contribution in [3.05, 3.63) is 94.0 Å². The summed E-state index contributed by atoms with van der Waals surface area (Å²) >= 11 is 0. The fourth-order valence-corrected chi connectivity index (χ4v) is 5.86. The van der Waals surface area contributed by atoms with E-state index in [1.54, 1.807) is 49.9 Å². The first kappa shape index (κ1) is 38.1. The highest BCUT2D eigenvalue weighted by Gasteiger charge is 2.37. The maximum atomic E-state index is 14.9.